The van der Waals surface area contributed by atoms with Gasteiger partial charge in [0.25, 0.3) is 0 Å². The highest BCUT2D eigenvalue weighted by Gasteiger charge is 2.37. The van der Waals surface area contributed by atoms with E-state index in [1.807, 2.05) is 4.90 Å². The number of alkyl halides is 6. The van der Waals surface area contributed by atoms with Gasteiger partial charge in [0, 0.05) is 39.3 Å². The summed E-state index contributed by atoms with van der Waals surface area (Å²) in [5.74, 6) is -0.322. The molecule has 1 atom stereocenters. The molecule has 2 aromatic carbocycles. The first-order valence-corrected chi connectivity index (χ1v) is 12.6. The first-order chi connectivity index (χ1) is 18.3. The Bertz CT molecular complexity index is 1040. The second kappa shape index (κ2) is 13.1. The lowest BCUT2D eigenvalue weighted by atomic mass is 9.97. The minimum atomic E-state index is -4.94. The summed E-state index contributed by atoms with van der Waals surface area (Å²) in [6.45, 7) is 1.01. The predicted molar refractivity (Wildman–Crippen MR) is 132 cm³/mol. The Morgan fingerprint density at radius 1 is 0.949 bits per heavy atom. The Morgan fingerprint density at radius 2 is 1.51 bits per heavy atom. The van der Waals surface area contributed by atoms with Crippen molar-refractivity contribution in [3.05, 3.63) is 70.8 Å². The van der Waals surface area contributed by atoms with Crippen LogP contribution in [-0.2, 0) is 23.6 Å². The molecule has 2 aromatic rings. The molecule has 1 aliphatic rings. The molecule has 0 aliphatic carbocycles. The van der Waals surface area contributed by atoms with Gasteiger partial charge in [-0.2, -0.15) is 26.3 Å². The maximum Gasteiger partial charge on any atom is 0.416 e. The van der Waals surface area contributed by atoms with Crippen molar-refractivity contribution < 1.29 is 41.4 Å². The van der Waals surface area contributed by atoms with Crippen LogP contribution < -0.4 is 0 Å². The van der Waals surface area contributed by atoms with Gasteiger partial charge in [-0.25, -0.2) is 0 Å². The van der Waals surface area contributed by atoms with Crippen LogP contribution in [0.5, 0.6) is 0 Å². The van der Waals surface area contributed by atoms with Crippen LogP contribution in [-0.4, -0.2) is 83.4 Å². The molecular formula is C27H33F6N3O3. The Morgan fingerprint density at radius 3 is 2.00 bits per heavy atom. The van der Waals surface area contributed by atoms with E-state index in [2.05, 4.69) is 0 Å². The van der Waals surface area contributed by atoms with Gasteiger partial charge in [-0.1, -0.05) is 30.3 Å². The Kier molecular flexibility index (Phi) is 10.4. The molecule has 1 unspecified atom stereocenters. The fourth-order valence-corrected chi connectivity index (χ4v) is 4.93. The number of benzene rings is 2. The number of nitrogens with zero attached hydrogens (tertiary/aromatic N) is 3. The number of amides is 1. The molecular weight excluding hydrogens is 528 g/mol. The standard InChI is InChI=1S/C27H33F6N3O3/c1-34(10-7-19-15-21(26(28,29)30)17-22(16-19)27(31,32)33)25(39)24(20-5-3-2-4-6-20)35-11-8-23(9-12-35)36(18-38)13-14-37/h2-6,15-17,23-24,37-38H,7-14,18H2,1H3. The number of hydrogen-bond donors (Lipinski definition) is 2. The number of halogens is 6. The highest BCUT2D eigenvalue weighted by Crippen LogP contribution is 2.36. The predicted octanol–water partition coefficient (Wildman–Crippen LogP) is 4.17. The van der Waals surface area contributed by atoms with E-state index in [0.29, 0.717) is 44.6 Å². The zero-order chi connectivity index (χ0) is 28.8. The number of carbonyl (C=O) groups is 1. The number of piperidine rings is 1. The molecule has 2 N–H and O–H groups in total. The van der Waals surface area contributed by atoms with Gasteiger partial charge >= 0.3 is 12.4 Å². The van der Waals surface area contributed by atoms with Gasteiger partial charge in [0.15, 0.2) is 0 Å². The molecule has 3 rings (SSSR count). The van der Waals surface area contributed by atoms with Crippen molar-refractivity contribution >= 4 is 5.91 Å². The zero-order valence-corrected chi connectivity index (χ0v) is 21.5. The molecule has 12 heteroatoms. The fourth-order valence-electron chi connectivity index (χ4n) is 4.93. The number of likely N-dealkylation sites (tertiary alicyclic amines) is 1. The summed E-state index contributed by atoms with van der Waals surface area (Å²) in [6, 6.07) is 9.80. The van der Waals surface area contributed by atoms with E-state index in [4.69, 9.17) is 0 Å². The highest BCUT2D eigenvalue weighted by molar-refractivity contribution is 5.83. The third-order valence-corrected chi connectivity index (χ3v) is 7.06. The summed E-state index contributed by atoms with van der Waals surface area (Å²) in [4.78, 5) is 18.7. The molecule has 39 heavy (non-hydrogen) atoms. The third kappa shape index (κ3) is 8.17. The Balaban J connectivity index is 1.77. The second-order valence-electron chi connectivity index (χ2n) is 9.68. The summed E-state index contributed by atoms with van der Waals surface area (Å²) >= 11 is 0. The van der Waals surface area contributed by atoms with Gasteiger partial charge in [0.1, 0.15) is 6.04 Å². The van der Waals surface area contributed by atoms with Crippen LogP contribution in [0.1, 0.15) is 41.1 Å². The molecule has 1 amide bonds. The average Bonchev–Trinajstić information content (AvgIpc) is 2.90. The van der Waals surface area contributed by atoms with E-state index in [1.54, 1.807) is 35.2 Å². The van der Waals surface area contributed by atoms with Gasteiger partial charge in [-0.05, 0) is 48.6 Å². The Labute approximate surface area is 223 Å². The lowest BCUT2D eigenvalue weighted by molar-refractivity contribution is -0.143. The number of carbonyl (C=O) groups excluding carboxylic acids is 1. The maximum absolute atomic E-state index is 13.6. The molecule has 0 bridgehead atoms. The van der Waals surface area contributed by atoms with Crippen LogP contribution in [0.15, 0.2) is 48.5 Å². The highest BCUT2D eigenvalue weighted by atomic mass is 19.4. The first kappa shape index (κ1) is 30.9. The van der Waals surface area contributed by atoms with Crippen molar-refractivity contribution in [3.8, 4) is 0 Å². The molecule has 6 nitrogen and oxygen atoms in total. The lowest BCUT2D eigenvalue weighted by Gasteiger charge is -2.41. The normalized spacial score (nSPS) is 16.5. The van der Waals surface area contributed by atoms with Crippen LogP contribution in [0.3, 0.4) is 0 Å². The summed E-state index contributed by atoms with van der Waals surface area (Å²) in [6.07, 6.45) is -8.78. The van der Waals surface area contributed by atoms with Crippen molar-refractivity contribution in [2.45, 2.75) is 43.7 Å². The molecule has 0 spiro atoms. The molecule has 1 aliphatic heterocycles. The number of aliphatic hydroxyl groups excluding tert-OH is 2. The molecule has 1 fully saturated rings. The van der Waals surface area contributed by atoms with E-state index in [1.165, 1.54) is 11.9 Å². The van der Waals surface area contributed by atoms with Gasteiger partial charge < -0.3 is 15.1 Å². The van der Waals surface area contributed by atoms with E-state index in [9.17, 15) is 41.4 Å². The van der Waals surface area contributed by atoms with Gasteiger partial charge in [-0.3, -0.25) is 14.6 Å². The largest absolute Gasteiger partial charge is 0.416 e. The summed E-state index contributed by atoms with van der Waals surface area (Å²) in [5, 5.41) is 18.9. The number of aliphatic hydroxyl groups is 2. The third-order valence-electron chi connectivity index (χ3n) is 7.06. The SMILES string of the molecule is CN(CCc1cc(C(F)(F)F)cc(C(F)(F)F)c1)C(=O)C(c1ccccc1)N1CCC(N(CO)CCO)CC1. The van der Waals surface area contributed by atoms with Crippen molar-refractivity contribution in [2.75, 3.05) is 46.6 Å². The first-order valence-electron chi connectivity index (χ1n) is 12.6. The number of rotatable bonds is 10. The van der Waals surface area contributed by atoms with Crippen LogP contribution >= 0.6 is 0 Å². The Hall–Kier alpha value is -2.67. The van der Waals surface area contributed by atoms with Gasteiger partial charge in [0.05, 0.1) is 24.5 Å². The monoisotopic (exact) mass is 561 g/mol. The molecule has 1 saturated heterocycles. The molecule has 0 aromatic heterocycles. The van der Waals surface area contributed by atoms with Crippen LogP contribution in [0.2, 0.25) is 0 Å². The summed E-state index contributed by atoms with van der Waals surface area (Å²) in [7, 11) is 1.48. The van der Waals surface area contributed by atoms with Crippen molar-refractivity contribution in [1.82, 2.24) is 14.7 Å². The molecule has 216 valence electrons. The lowest BCUT2D eigenvalue weighted by Crippen LogP contribution is -2.50. The average molecular weight is 562 g/mol. The van der Waals surface area contributed by atoms with Crippen LogP contribution in [0, 0.1) is 0 Å². The minimum absolute atomic E-state index is 0.0337. The van der Waals surface area contributed by atoms with Crippen molar-refractivity contribution in [2.24, 2.45) is 0 Å². The summed E-state index contributed by atoms with van der Waals surface area (Å²) < 4.78 is 79.4. The molecule has 0 radical (unpaired) electrons. The number of hydrogen-bond acceptors (Lipinski definition) is 5. The quantitative estimate of drug-likeness (QED) is 0.337. The zero-order valence-electron chi connectivity index (χ0n) is 21.5. The molecule has 1 heterocycles. The van der Waals surface area contributed by atoms with E-state index in [0.717, 1.165) is 5.56 Å². The van der Waals surface area contributed by atoms with E-state index >= 15 is 0 Å². The number of likely N-dealkylation sites (N-methyl/N-ethyl adjacent to an activating group) is 1. The van der Waals surface area contributed by atoms with Crippen molar-refractivity contribution in [1.29, 1.82) is 0 Å². The van der Waals surface area contributed by atoms with E-state index < -0.39 is 29.5 Å². The summed E-state index contributed by atoms with van der Waals surface area (Å²) in [5.41, 5.74) is -2.21. The molecule has 0 saturated carbocycles. The fraction of sp³-hybridized carbons (Fsp3) is 0.519. The topological polar surface area (TPSA) is 67.3 Å². The second-order valence-corrected chi connectivity index (χ2v) is 9.68. The van der Waals surface area contributed by atoms with E-state index in [-0.39, 0.29) is 49.9 Å². The van der Waals surface area contributed by atoms with Crippen LogP contribution in [0.4, 0.5) is 26.3 Å². The smallest absolute Gasteiger partial charge is 0.395 e. The van der Waals surface area contributed by atoms with Gasteiger partial charge in [0.2, 0.25) is 5.91 Å². The van der Waals surface area contributed by atoms with Gasteiger partial charge in [-0.15, -0.1) is 0 Å². The van der Waals surface area contributed by atoms with Crippen molar-refractivity contribution in [3.63, 3.8) is 0 Å². The van der Waals surface area contributed by atoms with Crippen LogP contribution in [0.25, 0.3) is 0 Å². The maximum atomic E-state index is 13.6. The minimum Gasteiger partial charge on any atom is -0.395 e.